The van der Waals surface area contributed by atoms with E-state index in [1.54, 1.807) is 18.3 Å². The first kappa shape index (κ1) is 15.3. The fourth-order valence-electron chi connectivity index (χ4n) is 1.17. The van der Waals surface area contributed by atoms with Gasteiger partial charge in [-0.25, -0.2) is 9.78 Å². The van der Waals surface area contributed by atoms with Crippen LogP contribution in [0, 0.1) is 11.8 Å². The summed E-state index contributed by atoms with van der Waals surface area (Å²) in [6.45, 7) is 5.87. The van der Waals surface area contributed by atoms with Gasteiger partial charge >= 0.3 is 6.09 Å². The molecule has 4 nitrogen and oxygen atoms in total. The van der Waals surface area contributed by atoms with Crippen molar-refractivity contribution < 1.29 is 9.53 Å². The lowest BCUT2D eigenvalue weighted by Crippen LogP contribution is -2.32. The monoisotopic (exact) mass is 280 g/mol. The predicted molar refractivity (Wildman–Crippen MR) is 75.0 cm³/mol. The van der Waals surface area contributed by atoms with Crippen LogP contribution >= 0.6 is 11.6 Å². The third-order valence-electron chi connectivity index (χ3n) is 1.88. The zero-order valence-corrected chi connectivity index (χ0v) is 12.0. The summed E-state index contributed by atoms with van der Waals surface area (Å²) < 4.78 is 5.09. The Morgan fingerprint density at radius 1 is 1.53 bits per heavy atom. The fourth-order valence-corrected chi connectivity index (χ4v) is 1.33. The van der Waals surface area contributed by atoms with Gasteiger partial charge in [-0.1, -0.05) is 17.5 Å². The molecular formula is C14H17ClN2O2. The van der Waals surface area contributed by atoms with E-state index >= 15 is 0 Å². The molecule has 0 aromatic carbocycles. The second kappa shape index (κ2) is 7.01. The molecule has 0 atom stereocenters. The van der Waals surface area contributed by atoms with E-state index in [1.807, 2.05) is 20.8 Å². The molecule has 0 saturated carbocycles. The number of aromatic nitrogens is 1. The van der Waals surface area contributed by atoms with Crippen LogP contribution in [0.25, 0.3) is 0 Å². The summed E-state index contributed by atoms with van der Waals surface area (Å²) in [7, 11) is 0. The number of halogens is 1. The maximum absolute atomic E-state index is 11.3. The van der Waals surface area contributed by atoms with E-state index in [0.29, 0.717) is 23.7 Å². The smallest absolute Gasteiger partial charge is 0.407 e. The van der Waals surface area contributed by atoms with Gasteiger partial charge in [-0.3, -0.25) is 0 Å². The minimum Gasteiger partial charge on any atom is -0.444 e. The molecule has 0 aliphatic carbocycles. The number of amides is 1. The lowest BCUT2D eigenvalue weighted by Gasteiger charge is -2.19. The van der Waals surface area contributed by atoms with Gasteiger partial charge in [0, 0.05) is 19.2 Å². The van der Waals surface area contributed by atoms with Gasteiger partial charge in [0.05, 0.1) is 5.02 Å². The van der Waals surface area contributed by atoms with Gasteiger partial charge in [0.15, 0.2) is 0 Å². The first-order chi connectivity index (χ1) is 8.88. The van der Waals surface area contributed by atoms with E-state index < -0.39 is 11.7 Å². The molecule has 0 aliphatic rings. The molecule has 0 aliphatic heterocycles. The van der Waals surface area contributed by atoms with Crippen molar-refractivity contribution in [3.8, 4) is 11.8 Å². The molecule has 1 N–H and O–H groups in total. The number of carbonyl (C=O) groups is 1. The van der Waals surface area contributed by atoms with Crippen molar-refractivity contribution in [2.24, 2.45) is 0 Å². The van der Waals surface area contributed by atoms with Crippen LogP contribution < -0.4 is 5.32 Å². The normalized spacial score (nSPS) is 10.3. The zero-order chi connectivity index (χ0) is 14.3. The summed E-state index contributed by atoms with van der Waals surface area (Å²) in [5.74, 6) is 5.74. The van der Waals surface area contributed by atoms with Crippen molar-refractivity contribution in [3.05, 3.63) is 29.0 Å². The Labute approximate surface area is 118 Å². The minimum absolute atomic E-state index is 0.423. The Kier molecular flexibility index (Phi) is 5.65. The number of ether oxygens (including phenoxy) is 1. The number of alkyl carbamates (subject to hydrolysis) is 1. The van der Waals surface area contributed by atoms with Crippen molar-refractivity contribution in [2.45, 2.75) is 32.8 Å². The summed E-state index contributed by atoms with van der Waals surface area (Å²) in [6, 6.07) is 3.48. The Balaban J connectivity index is 2.33. The van der Waals surface area contributed by atoms with Crippen LogP contribution in [0.2, 0.25) is 5.02 Å². The van der Waals surface area contributed by atoms with Crippen molar-refractivity contribution in [3.63, 3.8) is 0 Å². The molecule has 0 spiro atoms. The highest BCUT2D eigenvalue weighted by atomic mass is 35.5. The highest BCUT2D eigenvalue weighted by Gasteiger charge is 2.15. The van der Waals surface area contributed by atoms with Crippen LogP contribution in [0.3, 0.4) is 0 Å². The van der Waals surface area contributed by atoms with Crippen LogP contribution in [0.4, 0.5) is 4.79 Å². The Hall–Kier alpha value is -1.73. The number of hydrogen-bond donors (Lipinski definition) is 1. The Morgan fingerprint density at radius 2 is 2.26 bits per heavy atom. The van der Waals surface area contributed by atoms with Crippen LogP contribution in [0.1, 0.15) is 32.9 Å². The minimum atomic E-state index is -0.489. The fraction of sp³-hybridized carbons (Fsp3) is 0.429. The third-order valence-corrected chi connectivity index (χ3v) is 2.19. The SMILES string of the molecule is CC(C)(C)OC(=O)NCCC#Cc1ncccc1Cl. The van der Waals surface area contributed by atoms with E-state index in [9.17, 15) is 4.79 Å². The van der Waals surface area contributed by atoms with E-state index in [1.165, 1.54) is 0 Å². The highest BCUT2D eigenvalue weighted by molar-refractivity contribution is 6.31. The summed E-state index contributed by atoms with van der Waals surface area (Å²) in [4.78, 5) is 15.4. The van der Waals surface area contributed by atoms with Gasteiger partial charge in [-0.05, 0) is 38.8 Å². The lowest BCUT2D eigenvalue weighted by molar-refractivity contribution is 0.0529. The summed E-state index contributed by atoms with van der Waals surface area (Å²) in [5.41, 5.74) is 0.0542. The molecule has 1 heterocycles. The maximum Gasteiger partial charge on any atom is 0.407 e. The van der Waals surface area contributed by atoms with Crippen molar-refractivity contribution >= 4 is 17.7 Å². The average molecular weight is 281 g/mol. The first-order valence-electron chi connectivity index (χ1n) is 5.95. The van der Waals surface area contributed by atoms with E-state index in [0.717, 1.165) is 0 Å². The van der Waals surface area contributed by atoms with Gasteiger partial charge in [-0.15, -0.1) is 0 Å². The molecule has 0 unspecified atom stereocenters. The number of rotatable bonds is 2. The van der Waals surface area contributed by atoms with Crippen LogP contribution in [-0.4, -0.2) is 23.2 Å². The number of nitrogens with zero attached hydrogens (tertiary/aromatic N) is 1. The van der Waals surface area contributed by atoms with Crippen molar-refractivity contribution in [1.29, 1.82) is 0 Å². The highest BCUT2D eigenvalue weighted by Crippen LogP contribution is 2.10. The topological polar surface area (TPSA) is 51.2 Å². The molecule has 1 amide bonds. The molecule has 102 valence electrons. The number of hydrogen-bond acceptors (Lipinski definition) is 3. The van der Waals surface area contributed by atoms with E-state index in [2.05, 4.69) is 22.1 Å². The number of pyridine rings is 1. The largest absolute Gasteiger partial charge is 0.444 e. The van der Waals surface area contributed by atoms with Crippen LogP contribution in [0.5, 0.6) is 0 Å². The maximum atomic E-state index is 11.3. The lowest BCUT2D eigenvalue weighted by atomic mass is 10.2. The first-order valence-corrected chi connectivity index (χ1v) is 6.32. The molecular weight excluding hydrogens is 264 g/mol. The molecule has 1 aromatic heterocycles. The molecule has 0 radical (unpaired) electrons. The van der Waals surface area contributed by atoms with Crippen molar-refractivity contribution in [1.82, 2.24) is 10.3 Å². The molecule has 0 bridgehead atoms. The van der Waals surface area contributed by atoms with E-state index in [4.69, 9.17) is 16.3 Å². The number of nitrogens with one attached hydrogen (secondary N) is 1. The molecule has 0 saturated heterocycles. The number of carbonyl (C=O) groups excluding carboxylic acids is 1. The van der Waals surface area contributed by atoms with Crippen molar-refractivity contribution in [2.75, 3.05) is 6.54 Å². The molecule has 0 fully saturated rings. The van der Waals surface area contributed by atoms with Crippen LogP contribution in [0.15, 0.2) is 18.3 Å². The molecule has 1 aromatic rings. The van der Waals surface area contributed by atoms with Gasteiger partial charge in [-0.2, -0.15) is 0 Å². The van der Waals surface area contributed by atoms with Gasteiger partial charge < -0.3 is 10.1 Å². The zero-order valence-electron chi connectivity index (χ0n) is 11.3. The molecule has 1 rings (SSSR count). The summed E-state index contributed by atoms with van der Waals surface area (Å²) in [5, 5.41) is 3.15. The van der Waals surface area contributed by atoms with Crippen LogP contribution in [-0.2, 0) is 4.74 Å². The predicted octanol–water partition coefficient (Wildman–Crippen LogP) is 3.00. The summed E-state index contributed by atoms with van der Waals surface area (Å²) >= 11 is 5.91. The van der Waals surface area contributed by atoms with Gasteiger partial charge in [0.25, 0.3) is 0 Å². The Bertz CT molecular complexity index is 498. The standard InChI is InChI=1S/C14H17ClN2O2/c1-14(2,3)19-13(18)17-9-5-4-8-12-11(15)7-6-10-16-12/h6-7,10H,5,9H2,1-3H3,(H,17,18). The van der Waals surface area contributed by atoms with E-state index in [-0.39, 0.29) is 0 Å². The Morgan fingerprint density at radius 3 is 2.89 bits per heavy atom. The van der Waals surface area contributed by atoms with Gasteiger partial charge in [0.2, 0.25) is 0 Å². The van der Waals surface area contributed by atoms with Gasteiger partial charge in [0.1, 0.15) is 11.3 Å². The second-order valence-electron chi connectivity index (χ2n) is 4.81. The second-order valence-corrected chi connectivity index (χ2v) is 5.22. The molecule has 5 heteroatoms. The summed E-state index contributed by atoms with van der Waals surface area (Å²) in [6.07, 6.45) is 1.70. The quantitative estimate of drug-likeness (QED) is 0.669. The third kappa shape index (κ3) is 6.68. The molecule has 19 heavy (non-hydrogen) atoms. The average Bonchev–Trinajstić information content (AvgIpc) is 2.28.